The van der Waals surface area contributed by atoms with Crippen LogP contribution in [0.2, 0.25) is 0 Å². The van der Waals surface area contributed by atoms with Crippen LogP contribution in [0.5, 0.6) is 0 Å². The number of aliphatic imine (C=N–C) groups is 1. The summed E-state index contributed by atoms with van der Waals surface area (Å²) in [5.41, 5.74) is 1.41. The van der Waals surface area contributed by atoms with Gasteiger partial charge in [0.05, 0.1) is 4.90 Å². The first-order chi connectivity index (χ1) is 16.0. The maximum Gasteiger partial charge on any atom is 0.262 e. The number of nitrogens with zero attached hydrogens (tertiary/aromatic N) is 1. The van der Waals surface area contributed by atoms with E-state index in [1.165, 1.54) is 12.1 Å². The Balaban J connectivity index is 1.34. The molecular formula is C25H27N3O4S. The minimum atomic E-state index is -3.76. The van der Waals surface area contributed by atoms with Gasteiger partial charge in [-0.1, -0.05) is 42.8 Å². The van der Waals surface area contributed by atoms with Gasteiger partial charge >= 0.3 is 0 Å². The normalized spacial score (nSPS) is 14.2. The van der Waals surface area contributed by atoms with Gasteiger partial charge in [-0.15, -0.1) is 0 Å². The zero-order valence-electron chi connectivity index (χ0n) is 18.3. The Kier molecular flexibility index (Phi) is 7.24. The highest BCUT2D eigenvalue weighted by atomic mass is 32.2. The van der Waals surface area contributed by atoms with Crippen LogP contribution in [0.15, 0.2) is 81.0 Å². The Morgan fingerprint density at radius 1 is 0.970 bits per heavy atom. The molecule has 0 aliphatic carbocycles. The molecule has 1 aliphatic heterocycles. The number of benzene rings is 2. The highest BCUT2D eigenvalue weighted by molar-refractivity contribution is 7.90. The van der Waals surface area contributed by atoms with Crippen molar-refractivity contribution in [2.45, 2.75) is 43.4 Å². The lowest BCUT2D eigenvalue weighted by Gasteiger charge is -2.11. The van der Waals surface area contributed by atoms with Crippen molar-refractivity contribution in [3.63, 3.8) is 0 Å². The van der Waals surface area contributed by atoms with E-state index in [4.69, 9.17) is 4.42 Å². The van der Waals surface area contributed by atoms with Crippen LogP contribution in [0, 0.1) is 0 Å². The van der Waals surface area contributed by atoms with Crippen molar-refractivity contribution in [3.8, 4) is 11.3 Å². The first-order valence-corrected chi connectivity index (χ1v) is 12.6. The molecule has 0 radical (unpaired) electrons. The number of anilines is 1. The van der Waals surface area contributed by atoms with Crippen LogP contribution < -0.4 is 10.0 Å². The molecule has 1 aliphatic rings. The fourth-order valence-electron chi connectivity index (χ4n) is 3.64. The molecule has 33 heavy (non-hydrogen) atoms. The molecule has 7 nitrogen and oxygen atoms in total. The predicted octanol–water partition coefficient (Wildman–Crippen LogP) is 4.77. The molecule has 4 rings (SSSR count). The van der Waals surface area contributed by atoms with Crippen molar-refractivity contribution >= 4 is 27.5 Å². The van der Waals surface area contributed by atoms with Crippen LogP contribution in [0.3, 0.4) is 0 Å². The zero-order chi connectivity index (χ0) is 23.1. The van der Waals surface area contributed by atoms with E-state index in [-0.39, 0.29) is 17.2 Å². The molecule has 1 amide bonds. The summed E-state index contributed by atoms with van der Waals surface area (Å²) in [6.07, 6.45) is 4.21. The topological polar surface area (TPSA) is 101 Å². The number of carbonyl (C=O) groups is 1. The fourth-order valence-corrected chi connectivity index (χ4v) is 4.78. The van der Waals surface area contributed by atoms with Crippen molar-refractivity contribution in [2.24, 2.45) is 4.99 Å². The molecule has 1 aromatic heterocycles. The van der Waals surface area contributed by atoms with E-state index in [9.17, 15) is 13.2 Å². The monoisotopic (exact) mass is 465 g/mol. The van der Waals surface area contributed by atoms with Crippen LogP contribution in [-0.4, -0.2) is 26.7 Å². The van der Waals surface area contributed by atoms with E-state index in [0.29, 0.717) is 36.7 Å². The van der Waals surface area contributed by atoms with E-state index in [2.05, 4.69) is 15.0 Å². The van der Waals surface area contributed by atoms with Crippen LogP contribution >= 0.6 is 0 Å². The number of amidine groups is 1. The maximum atomic E-state index is 12.8. The molecule has 0 saturated carbocycles. The number of rotatable bonds is 7. The van der Waals surface area contributed by atoms with Crippen LogP contribution in [0.25, 0.3) is 11.3 Å². The largest absolute Gasteiger partial charge is 0.461 e. The van der Waals surface area contributed by atoms with E-state index in [1.54, 1.807) is 12.1 Å². The first kappa shape index (κ1) is 22.8. The maximum absolute atomic E-state index is 12.8. The number of hydrogen-bond acceptors (Lipinski definition) is 5. The zero-order valence-corrected chi connectivity index (χ0v) is 19.1. The van der Waals surface area contributed by atoms with E-state index in [0.717, 1.165) is 30.6 Å². The van der Waals surface area contributed by atoms with Crippen LogP contribution in [0.4, 0.5) is 5.69 Å². The average molecular weight is 466 g/mol. The van der Waals surface area contributed by atoms with E-state index in [1.807, 2.05) is 42.5 Å². The summed E-state index contributed by atoms with van der Waals surface area (Å²) in [6.45, 7) is 0.635. The van der Waals surface area contributed by atoms with Gasteiger partial charge < -0.3 is 9.73 Å². The summed E-state index contributed by atoms with van der Waals surface area (Å²) in [7, 11) is -3.76. The van der Waals surface area contributed by atoms with Crippen molar-refractivity contribution in [2.75, 3.05) is 11.9 Å². The third-order valence-electron chi connectivity index (χ3n) is 5.37. The summed E-state index contributed by atoms with van der Waals surface area (Å²) in [6, 6.07) is 19.8. The summed E-state index contributed by atoms with van der Waals surface area (Å²) in [5.74, 6) is 1.75. The van der Waals surface area contributed by atoms with Gasteiger partial charge in [0, 0.05) is 37.1 Å². The molecule has 8 heteroatoms. The molecule has 0 atom stereocenters. The molecule has 3 aromatic rings. The standard InChI is InChI=1S/C25H27N3O4S/c29-25(16-14-21-13-15-23(32-21)19-8-3-1-4-9-19)27-20-10-7-11-22(18-20)33(30,31)28-24-12-5-2-6-17-26-24/h1,3-4,7-11,13,15,18H,2,5-6,12,14,16-17H2,(H,26,28)(H,27,29). The molecule has 0 fully saturated rings. The highest BCUT2D eigenvalue weighted by Gasteiger charge is 2.18. The van der Waals surface area contributed by atoms with Crippen molar-refractivity contribution in [3.05, 3.63) is 72.5 Å². The second kappa shape index (κ2) is 10.5. The summed E-state index contributed by atoms with van der Waals surface area (Å²) < 4.78 is 34.0. The Labute approximate surface area is 194 Å². The lowest BCUT2D eigenvalue weighted by atomic mass is 10.2. The molecule has 172 valence electrons. The van der Waals surface area contributed by atoms with Crippen molar-refractivity contribution in [1.29, 1.82) is 0 Å². The second-order valence-electron chi connectivity index (χ2n) is 7.95. The third-order valence-corrected chi connectivity index (χ3v) is 6.75. The molecule has 0 saturated heterocycles. The van der Waals surface area contributed by atoms with Crippen molar-refractivity contribution < 1.29 is 17.6 Å². The summed E-state index contributed by atoms with van der Waals surface area (Å²) in [4.78, 5) is 16.9. The quantitative estimate of drug-likeness (QED) is 0.525. The Morgan fingerprint density at radius 3 is 2.67 bits per heavy atom. The van der Waals surface area contributed by atoms with Gasteiger partial charge in [0.15, 0.2) is 0 Å². The number of carbonyl (C=O) groups excluding carboxylic acids is 1. The Hall–Kier alpha value is -3.39. The predicted molar refractivity (Wildman–Crippen MR) is 129 cm³/mol. The molecule has 0 spiro atoms. The van der Waals surface area contributed by atoms with Gasteiger partial charge in [0.2, 0.25) is 5.91 Å². The van der Waals surface area contributed by atoms with Crippen LogP contribution in [0.1, 0.15) is 37.9 Å². The molecule has 0 unspecified atom stereocenters. The van der Waals surface area contributed by atoms with Gasteiger partial charge in [-0.2, -0.15) is 0 Å². The number of nitrogens with one attached hydrogen (secondary N) is 2. The molecule has 2 N–H and O–H groups in total. The average Bonchev–Trinajstić information content (AvgIpc) is 3.15. The number of aryl methyl sites for hydroxylation is 1. The summed E-state index contributed by atoms with van der Waals surface area (Å²) >= 11 is 0. The van der Waals surface area contributed by atoms with Gasteiger partial charge in [0.1, 0.15) is 17.4 Å². The van der Waals surface area contributed by atoms with Crippen molar-refractivity contribution in [1.82, 2.24) is 4.72 Å². The lowest BCUT2D eigenvalue weighted by Crippen LogP contribution is -2.30. The smallest absolute Gasteiger partial charge is 0.262 e. The molecular weight excluding hydrogens is 438 g/mol. The van der Waals surface area contributed by atoms with E-state index >= 15 is 0 Å². The number of furan rings is 1. The Bertz CT molecular complexity index is 1230. The number of hydrogen-bond donors (Lipinski definition) is 2. The third kappa shape index (κ3) is 6.32. The summed E-state index contributed by atoms with van der Waals surface area (Å²) in [5, 5.41) is 2.77. The first-order valence-electron chi connectivity index (χ1n) is 11.1. The number of sulfonamides is 1. The minimum Gasteiger partial charge on any atom is -0.461 e. The van der Waals surface area contributed by atoms with Crippen LogP contribution in [-0.2, 0) is 21.2 Å². The van der Waals surface area contributed by atoms with Gasteiger partial charge in [-0.3, -0.25) is 14.5 Å². The number of amides is 1. The van der Waals surface area contributed by atoms with E-state index < -0.39 is 10.0 Å². The lowest BCUT2D eigenvalue weighted by molar-refractivity contribution is -0.116. The Morgan fingerprint density at radius 2 is 1.82 bits per heavy atom. The highest BCUT2D eigenvalue weighted by Crippen LogP contribution is 2.23. The van der Waals surface area contributed by atoms with Gasteiger partial charge in [0.25, 0.3) is 10.0 Å². The molecule has 0 bridgehead atoms. The fraction of sp³-hybridized carbons (Fsp3) is 0.280. The second-order valence-corrected chi connectivity index (χ2v) is 9.63. The minimum absolute atomic E-state index is 0.0887. The SMILES string of the molecule is O=C(CCc1ccc(-c2ccccc2)o1)Nc1cccc(S(=O)(=O)NC2=NCCCCC2)c1. The van der Waals surface area contributed by atoms with Gasteiger partial charge in [-0.25, -0.2) is 8.42 Å². The van der Waals surface area contributed by atoms with Gasteiger partial charge in [-0.05, 0) is 43.2 Å². The molecule has 2 aromatic carbocycles. The molecule has 2 heterocycles.